The zero-order valence-corrected chi connectivity index (χ0v) is 15.1. The van der Waals surface area contributed by atoms with Crippen molar-refractivity contribution in [2.45, 2.75) is 0 Å². The van der Waals surface area contributed by atoms with Gasteiger partial charge in [0.1, 0.15) is 0 Å². The molecule has 2 heterocycles. The Kier molecular flexibility index (Phi) is 4.10. The third-order valence-corrected chi connectivity index (χ3v) is 4.36. The molecule has 4 aromatic rings. The van der Waals surface area contributed by atoms with Crippen LogP contribution in [-0.2, 0) is 0 Å². The SMILES string of the molecule is Nc1ncc(-c2nnnn2-c2ccc(I)cc2)c(-c2ccccc2)n1. The van der Waals surface area contributed by atoms with E-state index in [-0.39, 0.29) is 5.95 Å². The summed E-state index contributed by atoms with van der Waals surface area (Å²) in [6.45, 7) is 0. The number of halogens is 1. The molecule has 0 aliphatic carbocycles. The fraction of sp³-hybridized carbons (Fsp3) is 0. The van der Waals surface area contributed by atoms with Gasteiger partial charge in [0.2, 0.25) is 5.95 Å². The van der Waals surface area contributed by atoms with Gasteiger partial charge >= 0.3 is 0 Å². The summed E-state index contributed by atoms with van der Waals surface area (Å²) in [5.41, 5.74) is 8.98. The van der Waals surface area contributed by atoms with Gasteiger partial charge < -0.3 is 5.73 Å². The third kappa shape index (κ3) is 3.07. The van der Waals surface area contributed by atoms with Crippen molar-refractivity contribution in [3.8, 4) is 28.3 Å². The molecule has 0 amide bonds. The lowest BCUT2D eigenvalue weighted by molar-refractivity contribution is 0.791. The molecular formula is C17H12IN7. The lowest BCUT2D eigenvalue weighted by Gasteiger charge is -2.09. The standard InChI is InChI=1S/C17H12IN7/c18-12-6-8-13(9-7-12)25-16(22-23-24-25)14-10-20-17(19)21-15(14)11-4-2-1-3-5-11/h1-10H,(H2,19,20,21). The number of anilines is 1. The van der Waals surface area contributed by atoms with E-state index in [2.05, 4.69) is 48.1 Å². The van der Waals surface area contributed by atoms with Crippen LogP contribution in [-0.4, -0.2) is 30.2 Å². The van der Waals surface area contributed by atoms with Crippen LogP contribution in [0.3, 0.4) is 0 Å². The summed E-state index contributed by atoms with van der Waals surface area (Å²) in [5.74, 6) is 0.760. The van der Waals surface area contributed by atoms with Crippen molar-refractivity contribution >= 4 is 28.5 Å². The summed E-state index contributed by atoms with van der Waals surface area (Å²) >= 11 is 2.26. The maximum atomic E-state index is 5.80. The van der Waals surface area contributed by atoms with Crippen molar-refractivity contribution in [3.05, 3.63) is 64.4 Å². The van der Waals surface area contributed by atoms with Gasteiger partial charge in [-0.25, -0.2) is 9.97 Å². The maximum Gasteiger partial charge on any atom is 0.220 e. The molecule has 0 unspecified atom stereocenters. The Morgan fingerprint density at radius 1 is 0.960 bits per heavy atom. The van der Waals surface area contributed by atoms with Crippen molar-refractivity contribution in [1.29, 1.82) is 0 Å². The van der Waals surface area contributed by atoms with Crippen LogP contribution >= 0.6 is 22.6 Å². The average molecular weight is 441 g/mol. The summed E-state index contributed by atoms with van der Waals surface area (Å²) in [5, 5.41) is 12.1. The molecule has 2 N–H and O–H groups in total. The topological polar surface area (TPSA) is 95.4 Å². The number of benzene rings is 2. The van der Waals surface area contributed by atoms with Crippen LogP contribution in [0.25, 0.3) is 28.3 Å². The number of hydrogen-bond donors (Lipinski definition) is 1. The predicted molar refractivity (Wildman–Crippen MR) is 103 cm³/mol. The molecule has 0 aliphatic heterocycles. The number of hydrogen-bond acceptors (Lipinski definition) is 6. The van der Waals surface area contributed by atoms with Crippen LogP contribution in [0.2, 0.25) is 0 Å². The van der Waals surface area contributed by atoms with E-state index in [9.17, 15) is 0 Å². The molecule has 7 nitrogen and oxygen atoms in total. The van der Waals surface area contributed by atoms with Crippen LogP contribution in [0.5, 0.6) is 0 Å². The smallest absolute Gasteiger partial charge is 0.220 e. The van der Waals surface area contributed by atoms with Crippen molar-refractivity contribution < 1.29 is 0 Å². The second-order valence-electron chi connectivity index (χ2n) is 5.25. The average Bonchev–Trinajstić information content (AvgIpc) is 3.12. The molecule has 0 bridgehead atoms. The first-order valence-electron chi connectivity index (χ1n) is 7.45. The molecule has 0 radical (unpaired) electrons. The van der Waals surface area contributed by atoms with E-state index < -0.39 is 0 Å². The minimum Gasteiger partial charge on any atom is -0.368 e. The third-order valence-electron chi connectivity index (χ3n) is 3.64. The van der Waals surface area contributed by atoms with Crippen molar-refractivity contribution in [2.75, 3.05) is 5.73 Å². The van der Waals surface area contributed by atoms with Gasteiger partial charge in [0.05, 0.1) is 16.9 Å². The molecule has 2 aromatic heterocycles. The number of nitrogen functional groups attached to an aromatic ring is 1. The largest absolute Gasteiger partial charge is 0.368 e. The first-order valence-corrected chi connectivity index (χ1v) is 8.53. The second-order valence-corrected chi connectivity index (χ2v) is 6.49. The monoisotopic (exact) mass is 441 g/mol. The second kappa shape index (κ2) is 6.55. The van der Waals surface area contributed by atoms with Crippen LogP contribution in [0.1, 0.15) is 0 Å². The van der Waals surface area contributed by atoms with Crippen LogP contribution < -0.4 is 5.73 Å². The van der Waals surface area contributed by atoms with Crippen molar-refractivity contribution in [2.24, 2.45) is 0 Å². The molecule has 0 saturated carbocycles. The van der Waals surface area contributed by atoms with E-state index in [0.29, 0.717) is 17.1 Å². The van der Waals surface area contributed by atoms with Gasteiger partial charge in [0.15, 0.2) is 5.82 Å². The van der Waals surface area contributed by atoms with E-state index in [1.165, 1.54) is 0 Å². The fourth-order valence-electron chi connectivity index (χ4n) is 2.49. The molecule has 2 aromatic carbocycles. The molecule has 0 fully saturated rings. The fourth-order valence-corrected chi connectivity index (χ4v) is 2.85. The lowest BCUT2D eigenvalue weighted by Crippen LogP contribution is -2.04. The zero-order chi connectivity index (χ0) is 17.2. The van der Waals surface area contributed by atoms with E-state index in [0.717, 1.165) is 14.8 Å². The van der Waals surface area contributed by atoms with Gasteiger partial charge in [-0.1, -0.05) is 30.3 Å². The number of nitrogens with two attached hydrogens (primary N) is 1. The highest BCUT2D eigenvalue weighted by Crippen LogP contribution is 2.29. The van der Waals surface area contributed by atoms with Crippen LogP contribution in [0.4, 0.5) is 5.95 Å². The van der Waals surface area contributed by atoms with Crippen LogP contribution in [0, 0.1) is 3.57 Å². The predicted octanol–water partition coefficient (Wildman–Crippen LogP) is 2.97. The number of tetrazole rings is 1. The Balaban J connectivity index is 1.90. The van der Waals surface area contributed by atoms with Gasteiger partial charge in [0.25, 0.3) is 0 Å². The Morgan fingerprint density at radius 3 is 2.48 bits per heavy atom. The minimum absolute atomic E-state index is 0.205. The van der Waals surface area contributed by atoms with Crippen LogP contribution in [0.15, 0.2) is 60.8 Å². The lowest BCUT2D eigenvalue weighted by atomic mass is 10.1. The molecule has 0 aliphatic rings. The summed E-state index contributed by atoms with van der Waals surface area (Å²) in [7, 11) is 0. The summed E-state index contributed by atoms with van der Waals surface area (Å²) in [6.07, 6.45) is 1.65. The Morgan fingerprint density at radius 2 is 1.72 bits per heavy atom. The zero-order valence-electron chi connectivity index (χ0n) is 12.9. The highest BCUT2D eigenvalue weighted by molar-refractivity contribution is 14.1. The molecule has 8 heteroatoms. The van der Waals surface area contributed by atoms with Gasteiger partial charge in [-0.2, -0.15) is 4.68 Å². The quantitative estimate of drug-likeness (QED) is 0.492. The number of aromatic nitrogens is 6. The molecule has 0 atom stereocenters. The van der Waals surface area contributed by atoms with Gasteiger partial charge in [0, 0.05) is 15.3 Å². The van der Waals surface area contributed by atoms with E-state index in [1.54, 1.807) is 10.9 Å². The van der Waals surface area contributed by atoms with Gasteiger partial charge in [-0.15, -0.1) is 5.10 Å². The number of nitrogens with zero attached hydrogens (tertiary/aromatic N) is 6. The Bertz CT molecular complexity index is 1010. The molecular weight excluding hydrogens is 429 g/mol. The molecule has 0 saturated heterocycles. The molecule has 25 heavy (non-hydrogen) atoms. The van der Waals surface area contributed by atoms with Crippen molar-refractivity contribution in [1.82, 2.24) is 30.2 Å². The first-order chi connectivity index (χ1) is 12.2. The summed E-state index contributed by atoms with van der Waals surface area (Å²) < 4.78 is 2.80. The maximum absolute atomic E-state index is 5.80. The van der Waals surface area contributed by atoms with Gasteiger partial charge in [-0.05, 0) is 57.3 Å². The summed E-state index contributed by atoms with van der Waals surface area (Å²) in [4.78, 5) is 8.53. The highest BCUT2D eigenvalue weighted by Gasteiger charge is 2.18. The van der Waals surface area contributed by atoms with Gasteiger partial charge in [-0.3, -0.25) is 0 Å². The minimum atomic E-state index is 0.205. The Hall–Kier alpha value is -2.88. The van der Waals surface area contributed by atoms with E-state index in [1.807, 2.05) is 54.6 Å². The van der Waals surface area contributed by atoms with E-state index in [4.69, 9.17) is 5.73 Å². The normalized spacial score (nSPS) is 10.8. The molecule has 122 valence electrons. The molecule has 0 spiro atoms. The summed E-state index contributed by atoms with van der Waals surface area (Å²) in [6, 6.07) is 17.7. The highest BCUT2D eigenvalue weighted by atomic mass is 127. The first kappa shape index (κ1) is 15.6. The van der Waals surface area contributed by atoms with Crippen molar-refractivity contribution in [3.63, 3.8) is 0 Å². The molecule has 4 rings (SSSR count). The van der Waals surface area contributed by atoms with E-state index >= 15 is 0 Å². The Labute approximate surface area is 157 Å². The number of rotatable bonds is 3.